The number of aliphatic hydroxyl groups excluding tert-OH is 1. The number of nitrogens with two attached hydrogens (primary N) is 1. The maximum atomic E-state index is 9.25. The highest BCUT2D eigenvalue weighted by Crippen LogP contribution is 2.25. The summed E-state index contributed by atoms with van der Waals surface area (Å²) in [7, 11) is 0. The molecule has 19 heavy (non-hydrogen) atoms. The monoisotopic (exact) mass is 260 g/mol. The Balaban J connectivity index is 2.32. The lowest BCUT2D eigenvalue weighted by Gasteiger charge is -2.10. The Morgan fingerprint density at radius 2 is 2.11 bits per heavy atom. The molecule has 6 nitrogen and oxygen atoms in total. The molecule has 0 saturated heterocycles. The minimum atomic E-state index is -0.0934. The lowest BCUT2D eigenvalue weighted by atomic mass is 10.2. The second-order valence-electron chi connectivity index (χ2n) is 3.87. The third-order valence-electron chi connectivity index (χ3n) is 2.57. The zero-order valence-electron chi connectivity index (χ0n) is 10.6. The number of aromatic nitrogens is 2. The number of aliphatic hydroxyl groups is 1. The largest absolute Gasteiger partial charge is 0.438 e. The van der Waals surface area contributed by atoms with Crippen molar-refractivity contribution in [2.75, 3.05) is 5.43 Å². The molecule has 2 rings (SSSR count). The van der Waals surface area contributed by atoms with Crippen LogP contribution in [0.2, 0.25) is 0 Å². The quantitative estimate of drug-likeness (QED) is 0.558. The summed E-state index contributed by atoms with van der Waals surface area (Å²) in [4.78, 5) is 8.44. The molecular formula is C13H16N4O2. The molecule has 4 N–H and O–H groups in total. The van der Waals surface area contributed by atoms with Crippen molar-refractivity contribution in [2.45, 2.75) is 20.0 Å². The van der Waals surface area contributed by atoms with E-state index in [1.807, 2.05) is 19.1 Å². The van der Waals surface area contributed by atoms with Gasteiger partial charge in [-0.05, 0) is 6.07 Å². The summed E-state index contributed by atoms with van der Waals surface area (Å²) in [5.41, 5.74) is 3.17. The van der Waals surface area contributed by atoms with Gasteiger partial charge in [0.25, 0.3) is 0 Å². The molecule has 1 heterocycles. The fraction of sp³-hybridized carbons (Fsp3) is 0.231. The second-order valence-corrected chi connectivity index (χ2v) is 3.87. The van der Waals surface area contributed by atoms with E-state index in [1.165, 1.54) is 0 Å². The minimum absolute atomic E-state index is 0.0934. The third kappa shape index (κ3) is 3.18. The molecule has 0 aliphatic rings. The zero-order chi connectivity index (χ0) is 13.7. The van der Waals surface area contributed by atoms with E-state index in [1.54, 1.807) is 18.2 Å². The molecule has 2 aromatic rings. The predicted octanol–water partition coefficient (Wildman–Crippen LogP) is 1.61. The topological polar surface area (TPSA) is 93.3 Å². The summed E-state index contributed by atoms with van der Waals surface area (Å²) in [6.45, 7) is 1.85. The Kier molecular flexibility index (Phi) is 4.27. The molecule has 0 unspecified atom stereocenters. The summed E-state index contributed by atoms with van der Waals surface area (Å²) in [5, 5.41) is 9.25. The number of hydrogen-bond donors (Lipinski definition) is 3. The van der Waals surface area contributed by atoms with Crippen LogP contribution in [0.25, 0.3) is 0 Å². The molecule has 0 aliphatic carbocycles. The number of nitrogen functional groups attached to an aromatic ring is 1. The highest BCUT2D eigenvalue weighted by atomic mass is 16.5. The van der Waals surface area contributed by atoms with Crippen LogP contribution in [0.4, 0.5) is 5.82 Å². The van der Waals surface area contributed by atoms with Crippen LogP contribution in [0.3, 0.4) is 0 Å². The summed E-state index contributed by atoms with van der Waals surface area (Å²) in [5.74, 6) is 7.43. The normalized spacial score (nSPS) is 10.3. The molecule has 6 heteroatoms. The van der Waals surface area contributed by atoms with Crippen LogP contribution >= 0.6 is 0 Å². The number of nitrogens with one attached hydrogen (secondary N) is 1. The first-order valence-corrected chi connectivity index (χ1v) is 5.98. The molecule has 0 fully saturated rings. The molecule has 1 aromatic heterocycles. The number of benzene rings is 1. The summed E-state index contributed by atoms with van der Waals surface area (Å²) in [6, 6.07) is 8.84. The van der Waals surface area contributed by atoms with Gasteiger partial charge < -0.3 is 15.3 Å². The Morgan fingerprint density at radius 1 is 1.32 bits per heavy atom. The number of para-hydroxylation sites is 1. The molecule has 0 atom stereocenters. The standard InChI is InChI=1S/C13H16N4O2/c1-2-11-15-12(17-14)7-13(16-11)19-10-6-4-3-5-9(10)8-18/h3-7,18H,2,8,14H2,1H3,(H,15,16,17). The van der Waals surface area contributed by atoms with E-state index in [0.717, 1.165) is 0 Å². The van der Waals surface area contributed by atoms with Crippen LogP contribution in [-0.2, 0) is 13.0 Å². The van der Waals surface area contributed by atoms with Crippen molar-refractivity contribution in [1.82, 2.24) is 9.97 Å². The number of anilines is 1. The molecular weight excluding hydrogens is 244 g/mol. The van der Waals surface area contributed by atoms with Gasteiger partial charge in [-0.2, -0.15) is 4.98 Å². The molecule has 1 aromatic carbocycles. The van der Waals surface area contributed by atoms with E-state index in [-0.39, 0.29) is 6.61 Å². The van der Waals surface area contributed by atoms with Gasteiger partial charge in [-0.1, -0.05) is 25.1 Å². The molecule has 0 radical (unpaired) electrons. The van der Waals surface area contributed by atoms with Gasteiger partial charge in [0.15, 0.2) is 0 Å². The van der Waals surface area contributed by atoms with Gasteiger partial charge in [0.2, 0.25) is 5.88 Å². The number of aryl methyl sites for hydroxylation is 1. The average Bonchev–Trinajstić information content (AvgIpc) is 2.47. The average molecular weight is 260 g/mol. The van der Waals surface area contributed by atoms with Gasteiger partial charge in [-0.15, -0.1) is 0 Å². The Labute approximate surface area is 111 Å². The van der Waals surface area contributed by atoms with Gasteiger partial charge in [0.1, 0.15) is 17.4 Å². The summed E-state index contributed by atoms with van der Waals surface area (Å²) < 4.78 is 5.68. The molecule has 0 spiro atoms. The van der Waals surface area contributed by atoms with Crippen molar-refractivity contribution < 1.29 is 9.84 Å². The van der Waals surface area contributed by atoms with Crippen molar-refractivity contribution in [3.63, 3.8) is 0 Å². The fourth-order valence-electron chi connectivity index (χ4n) is 1.60. The Morgan fingerprint density at radius 3 is 2.79 bits per heavy atom. The molecule has 100 valence electrons. The van der Waals surface area contributed by atoms with Crippen molar-refractivity contribution >= 4 is 5.82 Å². The Hall–Kier alpha value is -2.18. The van der Waals surface area contributed by atoms with Crippen molar-refractivity contribution in [3.8, 4) is 11.6 Å². The number of hydrazine groups is 1. The Bertz CT molecular complexity index is 538. The molecule has 0 amide bonds. The van der Waals surface area contributed by atoms with E-state index in [0.29, 0.717) is 35.3 Å². The van der Waals surface area contributed by atoms with E-state index < -0.39 is 0 Å². The van der Waals surface area contributed by atoms with Crippen LogP contribution in [-0.4, -0.2) is 15.1 Å². The number of nitrogens with zero attached hydrogens (tertiary/aromatic N) is 2. The van der Waals surface area contributed by atoms with Crippen molar-refractivity contribution in [2.24, 2.45) is 5.84 Å². The summed E-state index contributed by atoms with van der Waals surface area (Å²) in [6.07, 6.45) is 0.674. The van der Waals surface area contributed by atoms with Gasteiger partial charge in [-0.3, -0.25) is 0 Å². The van der Waals surface area contributed by atoms with E-state index >= 15 is 0 Å². The maximum Gasteiger partial charge on any atom is 0.224 e. The van der Waals surface area contributed by atoms with Crippen LogP contribution in [0, 0.1) is 0 Å². The van der Waals surface area contributed by atoms with E-state index in [4.69, 9.17) is 10.6 Å². The first kappa shape index (κ1) is 13.3. The molecule has 0 bridgehead atoms. The molecule has 0 aliphatic heterocycles. The third-order valence-corrected chi connectivity index (χ3v) is 2.57. The highest BCUT2D eigenvalue weighted by Gasteiger charge is 2.07. The van der Waals surface area contributed by atoms with Crippen LogP contribution in [0.15, 0.2) is 30.3 Å². The lowest BCUT2D eigenvalue weighted by molar-refractivity contribution is 0.276. The van der Waals surface area contributed by atoms with Gasteiger partial charge >= 0.3 is 0 Å². The van der Waals surface area contributed by atoms with Gasteiger partial charge in [0.05, 0.1) is 6.61 Å². The van der Waals surface area contributed by atoms with Crippen LogP contribution in [0.5, 0.6) is 11.6 Å². The minimum Gasteiger partial charge on any atom is -0.438 e. The van der Waals surface area contributed by atoms with E-state index in [9.17, 15) is 5.11 Å². The smallest absolute Gasteiger partial charge is 0.224 e. The molecule has 0 saturated carbocycles. The first-order chi connectivity index (χ1) is 9.26. The van der Waals surface area contributed by atoms with Gasteiger partial charge in [-0.25, -0.2) is 10.8 Å². The number of hydrogen-bond acceptors (Lipinski definition) is 6. The predicted molar refractivity (Wildman–Crippen MR) is 71.7 cm³/mol. The second kappa shape index (κ2) is 6.12. The summed E-state index contributed by atoms with van der Waals surface area (Å²) >= 11 is 0. The van der Waals surface area contributed by atoms with Crippen LogP contribution < -0.4 is 16.0 Å². The van der Waals surface area contributed by atoms with Crippen LogP contribution in [0.1, 0.15) is 18.3 Å². The van der Waals surface area contributed by atoms with Crippen molar-refractivity contribution in [1.29, 1.82) is 0 Å². The zero-order valence-corrected chi connectivity index (χ0v) is 10.6. The van der Waals surface area contributed by atoms with Gasteiger partial charge in [0, 0.05) is 18.1 Å². The SMILES string of the molecule is CCc1nc(NN)cc(Oc2ccccc2CO)n1. The fourth-order valence-corrected chi connectivity index (χ4v) is 1.60. The number of ether oxygens (including phenoxy) is 1. The maximum absolute atomic E-state index is 9.25. The highest BCUT2D eigenvalue weighted by molar-refractivity contribution is 5.41. The number of rotatable bonds is 5. The first-order valence-electron chi connectivity index (χ1n) is 5.98. The van der Waals surface area contributed by atoms with E-state index in [2.05, 4.69) is 15.4 Å². The van der Waals surface area contributed by atoms with Crippen molar-refractivity contribution in [3.05, 3.63) is 41.7 Å². The lowest BCUT2D eigenvalue weighted by Crippen LogP contribution is -2.10.